The second-order valence-electron chi connectivity index (χ2n) is 7.36. The Morgan fingerprint density at radius 2 is 1.76 bits per heavy atom. The zero-order valence-corrected chi connectivity index (χ0v) is 16.3. The van der Waals surface area contributed by atoms with Crippen LogP contribution in [0.5, 0.6) is 0 Å². The summed E-state index contributed by atoms with van der Waals surface area (Å²) in [6.07, 6.45) is 7.27. The average Bonchev–Trinajstić information content (AvgIpc) is 2.76. The van der Waals surface area contributed by atoms with Crippen molar-refractivity contribution in [1.82, 2.24) is 20.2 Å². The van der Waals surface area contributed by atoms with Gasteiger partial charge in [-0.15, -0.1) is 0 Å². The van der Waals surface area contributed by atoms with Crippen LogP contribution in [0.2, 0.25) is 0 Å². The summed E-state index contributed by atoms with van der Waals surface area (Å²) in [5, 5.41) is 6.00. The molecule has 2 N–H and O–H groups in total. The molecular weight excluding hydrogens is 362 g/mol. The molecule has 4 rings (SSSR count). The Balaban J connectivity index is 1.30. The molecule has 0 spiro atoms. The van der Waals surface area contributed by atoms with Gasteiger partial charge >= 0.3 is 6.03 Å². The largest absolute Gasteiger partial charge is 0.334 e. The SMILES string of the molecule is O=C(Nc1ccccc1)NC1CCCN(Cc2ccc(-c3cncnc3)cc2)C1. The summed E-state index contributed by atoms with van der Waals surface area (Å²) in [6.45, 7) is 2.79. The Labute approximate surface area is 171 Å². The lowest BCUT2D eigenvalue weighted by Gasteiger charge is -2.33. The Hall–Kier alpha value is -3.25. The maximum atomic E-state index is 12.3. The van der Waals surface area contributed by atoms with Crippen molar-refractivity contribution >= 4 is 11.7 Å². The van der Waals surface area contributed by atoms with Crippen molar-refractivity contribution in [2.24, 2.45) is 0 Å². The van der Waals surface area contributed by atoms with Crippen molar-refractivity contribution in [2.45, 2.75) is 25.4 Å². The number of nitrogens with one attached hydrogen (secondary N) is 2. The first kappa shape index (κ1) is 19.1. The molecule has 6 nitrogen and oxygen atoms in total. The Bertz CT molecular complexity index is 915. The molecule has 29 heavy (non-hydrogen) atoms. The number of hydrogen-bond donors (Lipinski definition) is 2. The first-order valence-electron chi connectivity index (χ1n) is 9.95. The summed E-state index contributed by atoms with van der Waals surface area (Å²) in [6, 6.07) is 18.1. The molecule has 1 atom stereocenters. The fraction of sp³-hybridized carbons (Fsp3) is 0.261. The van der Waals surface area contributed by atoms with Gasteiger partial charge in [0.2, 0.25) is 0 Å². The van der Waals surface area contributed by atoms with E-state index in [2.05, 4.69) is 49.8 Å². The number of likely N-dealkylation sites (tertiary alicyclic amines) is 1. The molecule has 0 bridgehead atoms. The summed E-state index contributed by atoms with van der Waals surface area (Å²) in [7, 11) is 0. The molecule has 1 saturated heterocycles. The summed E-state index contributed by atoms with van der Waals surface area (Å²) in [5.41, 5.74) is 4.21. The van der Waals surface area contributed by atoms with Gasteiger partial charge in [-0.1, -0.05) is 42.5 Å². The normalized spacial score (nSPS) is 16.9. The van der Waals surface area contributed by atoms with Gasteiger partial charge in [-0.05, 0) is 42.6 Å². The molecule has 3 aromatic rings. The number of amides is 2. The van der Waals surface area contributed by atoms with E-state index >= 15 is 0 Å². The van der Waals surface area contributed by atoms with Crippen molar-refractivity contribution in [3.05, 3.63) is 78.9 Å². The molecule has 1 aromatic heterocycles. The monoisotopic (exact) mass is 387 g/mol. The second-order valence-corrected chi connectivity index (χ2v) is 7.36. The van der Waals surface area contributed by atoms with Gasteiger partial charge in [0.05, 0.1) is 0 Å². The van der Waals surface area contributed by atoms with Crippen LogP contribution in [0.25, 0.3) is 11.1 Å². The van der Waals surface area contributed by atoms with Gasteiger partial charge in [0.15, 0.2) is 0 Å². The molecule has 6 heteroatoms. The van der Waals surface area contributed by atoms with Crippen molar-refractivity contribution in [1.29, 1.82) is 0 Å². The van der Waals surface area contributed by atoms with Gasteiger partial charge in [0, 0.05) is 42.8 Å². The number of piperidine rings is 1. The van der Waals surface area contributed by atoms with Crippen LogP contribution in [-0.2, 0) is 6.54 Å². The van der Waals surface area contributed by atoms with Crippen LogP contribution >= 0.6 is 0 Å². The van der Waals surface area contributed by atoms with Crippen LogP contribution < -0.4 is 10.6 Å². The van der Waals surface area contributed by atoms with Crippen LogP contribution in [0.4, 0.5) is 10.5 Å². The number of aromatic nitrogens is 2. The summed E-state index contributed by atoms with van der Waals surface area (Å²) < 4.78 is 0. The van der Waals surface area contributed by atoms with E-state index in [1.165, 1.54) is 5.56 Å². The predicted octanol–water partition coefficient (Wildman–Crippen LogP) is 3.93. The molecule has 1 aliphatic heterocycles. The maximum absolute atomic E-state index is 12.3. The molecule has 0 aliphatic carbocycles. The minimum Gasteiger partial charge on any atom is -0.334 e. The zero-order chi connectivity index (χ0) is 19.9. The van der Waals surface area contributed by atoms with Crippen LogP contribution in [0, 0.1) is 0 Å². The second kappa shape index (κ2) is 9.30. The summed E-state index contributed by atoms with van der Waals surface area (Å²) in [4.78, 5) is 22.8. The third kappa shape index (κ3) is 5.39. The minimum absolute atomic E-state index is 0.141. The number of anilines is 1. The highest BCUT2D eigenvalue weighted by molar-refractivity contribution is 5.89. The first-order chi connectivity index (χ1) is 14.3. The highest BCUT2D eigenvalue weighted by Gasteiger charge is 2.21. The molecule has 1 unspecified atom stereocenters. The minimum atomic E-state index is -0.141. The number of carbonyl (C=O) groups is 1. The molecule has 2 aromatic carbocycles. The third-order valence-corrected chi connectivity index (χ3v) is 5.13. The number of urea groups is 1. The predicted molar refractivity (Wildman–Crippen MR) is 114 cm³/mol. The highest BCUT2D eigenvalue weighted by Crippen LogP contribution is 2.19. The van der Waals surface area contributed by atoms with E-state index in [-0.39, 0.29) is 12.1 Å². The summed E-state index contributed by atoms with van der Waals surface area (Å²) in [5.74, 6) is 0. The molecule has 1 fully saturated rings. The molecular formula is C23H25N5O. The van der Waals surface area contributed by atoms with E-state index < -0.39 is 0 Å². The van der Waals surface area contributed by atoms with E-state index in [1.54, 1.807) is 6.33 Å². The molecule has 1 aliphatic rings. The van der Waals surface area contributed by atoms with Gasteiger partial charge in [-0.3, -0.25) is 4.90 Å². The van der Waals surface area contributed by atoms with E-state index in [1.807, 2.05) is 42.7 Å². The standard InChI is InChI=1S/C23H25N5O/c29-23(26-21-5-2-1-3-6-21)27-22-7-4-12-28(16-22)15-18-8-10-19(11-9-18)20-13-24-17-25-14-20/h1-3,5-6,8-11,13-14,17,22H,4,7,12,15-16H2,(H2,26,27,29). The maximum Gasteiger partial charge on any atom is 0.319 e. The number of nitrogens with zero attached hydrogens (tertiary/aromatic N) is 3. The summed E-state index contributed by atoms with van der Waals surface area (Å²) >= 11 is 0. The van der Waals surface area contributed by atoms with Gasteiger partial charge in [-0.2, -0.15) is 0 Å². The van der Waals surface area contributed by atoms with Crippen LogP contribution in [0.3, 0.4) is 0 Å². The van der Waals surface area contributed by atoms with Crippen molar-refractivity contribution in [3.63, 3.8) is 0 Å². The third-order valence-electron chi connectivity index (χ3n) is 5.13. The smallest absolute Gasteiger partial charge is 0.319 e. The zero-order valence-electron chi connectivity index (χ0n) is 16.3. The van der Waals surface area contributed by atoms with Crippen molar-refractivity contribution in [2.75, 3.05) is 18.4 Å². The molecule has 0 saturated carbocycles. The first-order valence-corrected chi connectivity index (χ1v) is 9.95. The lowest BCUT2D eigenvalue weighted by atomic mass is 10.0. The molecule has 0 radical (unpaired) electrons. The molecule has 2 amide bonds. The van der Waals surface area contributed by atoms with Gasteiger partial charge < -0.3 is 10.6 Å². The van der Waals surface area contributed by atoms with Crippen LogP contribution in [0.1, 0.15) is 18.4 Å². The van der Waals surface area contributed by atoms with E-state index in [0.717, 1.165) is 49.3 Å². The van der Waals surface area contributed by atoms with Gasteiger partial charge in [-0.25, -0.2) is 14.8 Å². The molecule has 148 valence electrons. The number of benzene rings is 2. The van der Waals surface area contributed by atoms with E-state index in [9.17, 15) is 4.79 Å². The lowest BCUT2D eigenvalue weighted by molar-refractivity contribution is 0.183. The number of carbonyl (C=O) groups excluding carboxylic acids is 1. The van der Waals surface area contributed by atoms with Crippen molar-refractivity contribution < 1.29 is 4.79 Å². The van der Waals surface area contributed by atoms with E-state index in [4.69, 9.17) is 0 Å². The van der Waals surface area contributed by atoms with E-state index in [0.29, 0.717) is 0 Å². The average molecular weight is 387 g/mol. The Morgan fingerprint density at radius 1 is 1.00 bits per heavy atom. The Kier molecular flexibility index (Phi) is 6.12. The highest BCUT2D eigenvalue weighted by atomic mass is 16.2. The lowest BCUT2D eigenvalue weighted by Crippen LogP contribution is -2.48. The number of rotatable bonds is 5. The van der Waals surface area contributed by atoms with Gasteiger partial charge in [0.1, 0.15) is 6.33 Å². The fourth-order valence-corrected chi connectivity index (χ4v) is 3.70. The van der Waals surface area contributed by atoms with Crippen molar-refractivity contribution in [3.8, 4) is 11.1 Å². The van der Waals surface area contributed by atoms with Crippen LogP contribution in [-0.4, -0.2) is 40.0 Å². The number of hydrogen-bond acceptors (Lipinski definition) is 4. The topological polar surface area (TPSA) is 70.2 Å². The Morgan fingerprint density at radius 3 is 2.52 bits per heavy atom. The number of para-hydroxylation sites is 1. The quantitative estimate of drug-likeness (QED) is 0.696. The molecule has 2 heterocycles. The van der Waals surface area contributed by atoms with Gasteiger partial charge in [0.25, 0.3) is 0 Å². The fourth-order valence-electron chi connectivity index (χ4n) is 3.70. The van der Waals surface area contributed by atoms with Crippen LogP contribution in [0.15, 0.2) is 73.3 Å².